The number of nitro benzene ring substituents is 1. The van der Waals surface area contributed by atoms with Crippen LogP contribution in [0, 0.1) is 21.4 Å². The maximum Gasteiger partial charge on any atom is 0.287 e. The highest BCUT2D eigenvalue weighted by Gasteiger charge is 2.14. The third kappa shape index (κ3) is 3.72. The fourth-order valence-electron chi connectivity index (χ4n) is 1.63. The molecule has 4 nitrogen and oxygen atoms in total. The lowest BCUT2D eigenvalue weighted by Crippen LogP contribution is -2.03. The van der Waals surface area contributed by atoms with Gasteiger partial charge in [-0.25, -0.2) is 0 Å². The van der Waals surface area contributed by atoms with Crippen LogP contribution >= 0.6 is 11.6 Å². The van der Waals surface area contributed by atoms with Gasteiger partial charge in [0.25, 0.3) is 5.69 Å². The van der Waals surface area contributed by atoms with Crippen molar-refractivity contribution in [3.63, 3.8) is 0 Å². The predicted molar refractivity (Wildman–Crippen MR) is 66.1 cm³/mol. The van der Waals surface area contributed by atoms with Crippen molar-refractivity contribution in [2.24, 2.45) is 0 Å². The van der Waals surface area contributed by atoms with Crippen LogP contribution in [0.25, 0.3) is 0 Å². The lowest BCUT2D eigenvalue weighted by molar-refractivity contribution is -0.385. The smallest absolute Gasteiger partial charge is 0.258 e. The summed E-state index contributed by atoms with van der Waals surface area (Å²) in [5.74, 6) is 0. The van der Waals surface area contributed by atoms with Gasteiger partial charge in [-0.2, -0.15) is 5.26 Å². The molecule has 1 unspecified atom stereocenters. The second-order valence-corrected chi connectivity index (χ2v) is 4.43. The summed E-state index contributed by atoms with van der Waals surface area (Å²) in [7, 11) is 0. The summed E-state index contributed by atoms with van der Waals surface area (Å²) < 4.78 is 0. The molecule has 0 aliphatic rings. The van der Waals surface area contributed by atoms with Gasteiger partial charge in [-0.1, -0.05) is 19.4 Å². The number of nitrogens with zero attached hydrogens (tertiary/aromatic N) is 2. The highest BCUT2D eigenvalue weighted by atomic mass is 35.5. The van der Waals surface area contributed by atoms with E-state index in [0.717, 1.165) is 18.4 Å². The minimum absolute atomic E-state index is 0.00741. The van der Waals surface area contributed by atoms with Crippen LogP contribution in [0.4, 0.5) is 5.69 Å². The van der Waals surface area contributed by atoms with Gasteiger partial charge in [-0.3, -0.25) is 10.1 Å². The standard InChI is InChI=1S/C12H13ClN2O2/c1-2-3-11(13)7-9-4-5-12(15(16)17)10(6-9)8-14/h4-6,11H,2-3,7H2,1H3. The van der Waals surface area contributed by atoms with E-state index in [4.69, 9.17) is 16.9 Å². The van der Waals surface area contributed by atoms with Gasteiger partial charge in [-0.15, -0.1) is 11.6 Å². The molecule has 1 aromatic carbocycles. The Kier molecular flexibility index (Phi) is 4.92. The number of nitriles is 1. The molecule has 0 fully saturated rings. The summed E-state index contributed by atoms with van der Waals surface area (Å²) in [4.78, 5) is 10.1. The summed E-state index contributed by atoms with van der Waals surface area (Å²) >= 11 is 6.10. The summed E-state index contributed by atoms with van der Waals surface area (Å²) in [6, 6.07) is 6.40. The van der Waals surface area contributed by atoms with E-state index in [1.807, 2.05) is 13.0 Å². The van der Waals surface area contributed by atoms with Gasteiger partial charge < -0.3 is 0 Å². The lowest BCUT2D eigenvalue weighted by atomic mass is 10.0. The molecule has 0 aliphatic carbocycles. The van der Waals surface area contributed by atoms with Gasteiger partial charge in [-0.05, 0) is 24.5 Å². The van der Waals surface area contributed by atoms with E-state index in [2.05, 4.69) is 0 Å². The number of halogens is 1. The first-order chi connectivity index (χ1) is 8.08. The van der Waals surface area contributed by atoms with Crippen molar-refractivity contribution in [3.05, 3.63) is 39.4 Å². The Morgan fingerprint density at radius 1 is 1.59 bits per heavy atom. The van der Waals surface area contributed by atoms with Gasteiger partial charge in [0.15, 0.2) is 0 Å². The number of hydrogen-bond acceptors (Lipinski definition) is 3. The fraction of sp³-hybridized carbons (Fsp3) is 0.417. The average molecular weight is 253 g/mol. The molecule has 90 valence electrons. The second kappa shape index (κ2) is 6.21. The minimum Gasteiger partial charge on any atom is -0.258 e. The molecule has 0 aliphatic heterocycles. The van der Waals surface area contributed by atoms with Gasteiger partial charge in [0.2, 0.25) is 0 Å². The Morgan fingerprint density at radius 2 is 2.29 bits per heavy atom. The molecule has 0 bridgehead atoms. The SMILES string of the molecule is CCCC(Cl)Cc1ccc([N+](=O)[O-])c(C#N)c1. The van der Waals surface area contributed by atoms with Crippen molar-refractivity contribution in [1.29, 1.82) is 5.26 Å². The van der Waals surface area contributed by atoms with Crippen molar-refractivity contribution in [2.75, 3.05) is 0 Å². The molecule has 0 amide bonds. The van der Waals surface area contributed by atoms with E-state index in [1.54, 1.807) is 12.1 Å². The molecular weight excluding hydrogens is 240 g/mol. The Morgan fingerprint density at radius 3 is 2.82 bits per heavy atom. The summed E-state index contributed by atoms with van der Waals surface area (Å²) in [5, 5.41) is 19.5. The third-order valence-corrected chi connectivity index (χ3v) is 2.81. The number of alkyl halides is 1. The first kappa shape index (κ1) is 13.5. The summed E-state index contributed by atoms with van der Waals surface area (Å²) in [6.07, 6.45) is 2.51. The highest BCUT2D eigenvalue weighted by Crippen LogP contribution is 2.21. The molecule has 0 heterocycles. The van der Waals surface area contributed by atoms with E-state index < -0.39 is 4.92 Å². The van der Waals surface area contributed by atoms with E-state index >= 15 is 0 Å². The maximum absolute atomic E-state index is 10.6. The van der Waals surface area contributed by atoms with Crippen LogP contribution in [0.2, 0.25) is 0 Å². The Labute approximate surface area is 105 Å². The van der Waals surface area contributed by atoms with Crippen molar-refractivity contribution >= 4 is 17.3 Å². The van der Waals surface area contributed by atoms with E-state index in [9.17, 15) is 10.1 Å². The first-order valence-corrected chi connectivity index (χ1v) is 5.83. The maximum atomic E-state index is 10.6. The molecule has 1 rings (SSSR count). The van der Waals surface area contributed by atoms with Crippen LogP contribution in [0.5, 0.6) is 0 Å². The Bertz CT molecular complexity index is 454. The fourth-order valence-corrected chi connectivity index (χ4v) is 2.03. The van der Waals surface area contributed by atoms with Gasteiger partial charge in [0.05, 0.1) is 4.92 Å². The molecule has 17 heavy (non-hydrogen) atoms. The molecule has 5 heteroatoms. The molecule has 0 saturated heterocycles. The van der Waals surface area contributed by atoms with Crippen molar-refractivity contribution in [2.45, 2.75) is 31.6 Å². The van der Waals surface area contributed by atoms with E-state index in [0.29, 0.717) is 6.42 Å². The van der Waals surface area contributed by atoms with Crippen LogP contribution in [-0.4, -0.2) is 10.3 Å². The van der Waals surface area contributed by atoms with Crippen molar-refractivity contribution < 1.29 is 4.92 Å². The number of hydrogen-bond donors (Lipinski definition) is 0. The van der Waals surface area contributed by atoms with Crippen LogP contribution in [0.15, 0.2) is 18.2 Å². The van der Waals surface area contributed by atoms with Gasteiger partial charge in [0.1, 0.15) is 11.6 Å². The zero-order valence-electron chi connectivity index (χ0n) is 9.52. The normalized spacial score (nSPS) is 11.8. The van der Waals surface area contributed by atoms with Crippen LogP contribution < -0.4 is 0 Å². The molecule has 0 saturated carbocycles. The monoisotopic (exact) mass is 252 g/mol. The molecule has 0 radical (unpaired) electrons. The minimum atomic E-state index is -0.549. The third-order valence-electron chi connectivity index (χ3n) is 2.44. The average Bonchev–Trinajstić information content (AvgIpc) is 2.28. The molecule has 1 aromatic rings. The quantitative estimate of drug-likeness (QED) is 0.458. The topological polar surface area (TPSA) is 66.9 Å². The highest BCUT2D eigenvalue weighted by molar-refractivity contribution is 6.20. The van der Waals surface area contributed by atoms with E-state index in [-0.39, 0.29) is 16.6 Å². The molecule has 0 spiro atoms. The molecular formula is C12H13ClN2O2. The number of benzene rings is 1. The van der Waals surface area contributed by atoms with Crippen LogP contribution in [0.1, 0.15) is 30.9 Å². The predicted octanol–water partition coefficient (Wildman–Crippen LogP) is 3.42. The first-order valence-electron chi connectivity index (χ1n) is 5.40. The second-order valence-electron chi connectivity index (χ2n) is 3.81. The van der Waals surface area contributed by atoms with Crippen molar-refractivity contribution in [1.82, 2.24) is 0 Å². The zero-order valence-corrected chi connectivity index (χ0v) is 10.3. The molecule has 0 aromatic heterocycles. The van der Waals surface area contributed by atoms with Gasteiger partial charge >= 0.3 is 0 Å². The number of nitro groups is 1. The molecule has 0 N–H and O–H groups in total. The van der Waals surface area contributed by atoms with Crippen LogP contribution in [-0.2, 0) is 6.42 Å². The lowest BCUT2D eigenvalue weighted by Gasteiger charge is -2.08. The Hall–Kier alpha value is -1.60. The Balaban J connectivity index is 2.91. The number of rotatable bonds is 5. The summed E-state index contributed by atoms with van der Waals surface area (Å²) in [5.41, 5.74) is 0.798. The van der Waals surface area contributed by atoms with E-state index in [1.165, 1.54) is 6.07 Å². The van der Waals surface area contributed by atoms with Crippen LogP contribution in [0.3, 0.4) is 0 Å². The van der Waals surface area contributed by atoms with Crippen molar-refractivity contribution in [3.8, 4) is 6.07 Å². The largest absolute Gasteiger partial charge is 0.287 e. The zero-order chi connectivity index (χ0) is 12.8. The summed E-state index contributed by atoms with van der Waals surface area (Å²) in [6.45, 7) is 2.05. The van der Waals surface area contributed by atoms with Gasteiger partial charge in [0, 0.05) is 11.4 Å². The molecule has 1 atom stereocenters.